The SMILES string of the molecule is CCOC(=O)OC1=c2ccccc2=C2C(=O)C(OC(=O)OCC)=c3cc(CC)ccc3=C2C1=O. The number of ether oxygens (including phenoxy) is 4. The molecule has 0 fully saturated rings. The molecule has 8 heteroatoms. The molecule has 0 atom stereocenters. The first-order chi connectivity index (χ1) is 16.4. The molecule has 0 bridgehead atoms. The lowest BCUT2D eigenvalue weighted by Crippen LogP contribution is -2.48. The Bertz CT molecular complexity index is 1480. The van der Waals surface area contributed by atoms with E-state index in [0.717, 1.165) is 5.56 Å². The van der Waals surface area contributed by atoms with Gasteiger partial charge in [0.15, 0.2) is 11.5 Å². The van der Waals surface area contributed by atoms with Crippen molar-refractivity contribution < 1.29 is 38.1 Å². The van der Waals surface area contributed by atoms with E-state index in [1.165, 1.54) is 0 Å². The number of aryl methyl sites for hydroxylation is 1. The maximum absolute atomic E-state index is 13.7. The number of fused-ring (bicyclic) bond motifs is 3. The zero-order chi connectivity index (χ0) is 24.4. The van der Waals surface area contributed by atoms with Gasteiger partial charge in [-0.2, -0.15) is 0 Å². The molecule has 174 valence electrons. The highest BCUT2D eigenvalue weighted by Crippen LogP contribution is 2.26. The van der Waals surface area contributed by atoms with Gasteiger partial charge in [-0.25, -0.2) is 9.59 Å². The molecule has 0 aliphatic heterocycles. The largest absolute Gasteiger partial charge is 0.513 e. The molecule has 0 spiro atoms. The van der Waals surface area contributed by atoms with Crippen molar-refractivity contribution in [3.05, 3.63) is 68.9 Å². The van der Waals surface area contributed by atoms with Gasteiger partial charge in [-0.1, -0.05) is 43.3 Å². The molecule has 0 saturated heterocycles. The minimum Gasteiger partial charge on any atom is -0.434 e. The van der Waals surface area contributed by atoms with E-state index in [-0.39, 0.29) is 41.1 Å². The van der Waals surface area contributed by atoms with E-state index in [1.54, 1.807) is 50.2 Å². The zero-order valence-electron chi connectivity index (χ0n) is 18.9. The number of carbonyl (C=O) groups excluding carboxylic acids is 4. The van der Waals surface area contributed by atoms with Crippen molar-refractivity contribution in [2.24, 2.45) is 0 Å². The third-order valence-corrected chi connectivity index (χ3v) is 5.46. The summed E-state index contributed by atoms with van der Waals surface area (Å²) in [6.07, 6.45) is -1.39. The average Bonchev–Trinajstić information content (AvgIpc) is 2.83. The Morgan fingerprint density at radius 1 is 0.676 bits per heavy atom. The molecule has 0 saturated carbocycles. The Balaban J connectivity index is 2.10. The molecule has 0 unspecified atom stereocenters. The number of ketones is 2. The lowest BCUT2D eigenvalue weighted by atomic mass is 9.83. The molecule has 2 aromatic rings. The number of hydrogen-bond acceptors (Lipinski definition) is 8. The number of hydrogen-bond donors (Lipinski definition) is 0. The second-order valence-corrected chi connectivity index (χ2v) is 7.42. The molecule has 0 heterocycles. The zero-order valence-corrected chi connectivity index (χ0v) is 18.9. The summed E-state index contributed by atoms with van der Waals surface area (Å²) in [6.45, 7) is 5.31. The lowest BCUT2D eigenvalue weighted by Gasteiger charge is -2.22. The van der Waals surface area contributed by atoms with E-state index in [1.807, 2.05) is 13.0 Å². The van der Waals surface area contributed by atoms with E-state index in [2.05, 4.69) is 0 Å². The molecule has 0 radical (unpaired) electrons. The molecule has 8 nitrogen and oxygen atoms in total. The summed E-state index contributed by atoms with van der Waals surface area (Å²) in [5.74, 6) is -1.74. The highest BCUT2D eigenvalue weighted by atomic mass is 16.7. The van der Waals surface area contributed by atoms with Crippen molar-refractivity contribution in [1.82, 2.24) is 0 Å². The summed E-state index contributed by atoms with van der Waals surface area (Å²) in [4.78, 5) is 51.5. The fraction of sp³-hybridized carbons (Fsp3) is 0.231. The van der Waals surface area contributed by atoms with E-state index < -0.39 is 23.9 Å². The number of carbonyl (C=O) groups is 4. The summed E-state index contributed by atoms with van der Waals surface area (Å²) in [6, 6.07) is 11.8. The molecular formula is C26H22O8. The minimum atomic E-state index is -1.02. The fourth-order valence-electron chi connectivity index (χ4n) is 3.99. The molecule has 0 N–H and O–H groups in total. The van der Waals surface area contributed by atoms with Crippen molar-refractivity contribution in [3.8, 4) is 0 Å². The Labute approximate surface area is 194 Å². The van der Waals surface area contributed by atoms with E-state index in [0.29, 0.717) is 22.1 Å². The van der Waals surface area contributed by atoms with Crippen molar-refractivity contribution in [1.29, 1.82) is 0 Å². The van der Waals surface area contributed by atoms with Crippen LogP contribution in [0.2, 0.25) is 0 Å². The second kappa shape index (κ2) is 9.35. The maximum atomic E-state index is 13.7. The molecular weight excluding hydrogens is 440 g/mol. The van der Waals surface area contributed by atoms with Gasteiger partial charge >= 0.3 is 12.3 Å². The molecule has 0 aromatic heterocycles. The second-order valence-electron chi connectivity index (χ2n) is 7.42. The first-order valence-corrected chi connectivity index (χ1v) is 10.9. The maximum Gasteiger partial charge on any atom is 0.513 e. The van der Waals surface area contributed by atoms with Crippen LogP contribution in [0.15, 0.2) is 42.5 Å². The molecule has 2 aromatic carbocycles. The van der Waals surface area contributed by atoms with Crippen LogP contribution in [-0.4, -0.2) is 37.1 Å². The summed E-state index contributed by atoms with van der Waals surface area (Å²) in [5.41, 5.74) is 1.00. The number of rotatable bonds is 5. The van der Waals surface area contributed by atoms with Gasteiger partial charge in [0, 0.05) is 21.6 Å². The van der Waals surface area contributed by atoms with Crippen LogP contribution in [0.4, 0.5) is 9.59 Å². The summed E-state index contributed by atoms with van der Waals surface area (Å²) >= 11 is 0. The Kier molecular flexibility index (Phi) is 6.32. The van der Waals surface area contributed by atoms with E-state index in [9.17, 15) is 19.2 Å². The Morgan fingerprint density at radius 3 is 1.71 bits per heavy atom. The third kappa shape index (κ3) is 3.87. The van der Waals surface area contributed by atoms with Crippen molar-refractivity contribution in [2.75, 3.05) is 13.2 Å². The van der Waals surface area contributed by atoms with Crippen molar-refractivity contribution in [3.63, 3.8) is 0 Å². The van der Waals surface area contributed by atoms with E-state index >= 15 is 0 Å². The fourth-order valence-corrected chi connectivity index (χ4v) is 3.99. The number of benzene rings is 2. The minimum absolute atomic E-state index is 0.0628. The van der Waals surface area contributed by atoms with Crippen LogP contribution in [0.5, 0.6) is 0 Å². The van der Waals surface area contributed by atoms with Gasteiger partial charge < -0.3 is 18.9 Å². The first kappa shape index (κ1) is 23.0. The molecule has 2 aliphatic rings. The lowest BCUT2D eigenvalue weighted by molar-refractivity contribution is -0.112. The molecule has 0 amide bonds. The van der Waals surface area contributed by atoms with Crippen LogP contribution in [0.3, 0.4) is 0 Å². The van der Waals surface area contributed by atoms with Crippen molar-refractivity contribution in [2.45, 2.75) is 27.2 Å². The number of Topliss-reactive ketones (excluding diaryl/α,β-unsaturated/α-hetero) is 2. The quantitative estimate of drug-likeness (QED) is 0.606. The normalized spacial score (nSPS) is 14.2. The van der Waals surface area contributed by atoms with Crippen LogP contribution < -0.4 is 20.9 Å². The van der Waals surface area contributed by atoms with Gasteiger partial charge in [0.25, 0.3) is 0 Å². The Morgan fingerprint density at radius 2 is 1.18 bits per heavy atom. The average molecular weight is 462 g/mol. The van der Waals surface area contributed by atoms with Crippen LogP contribution in [-0.2, 0) is 35.0 Å². The van der Waals surface area contributed by atoms with Crippen LogP contribution in [0.1, 0.15) is 26.3 Å². The van der Waals surface area contributed by atoms with Crippen LogP contribution in [0.25, 0.3) is 22.7 Å². The standard InChI is InChI=1S/C26H22O8/c1-4-14-11-12-16-18(13-14)24(34-26(30)32-6-3)22(28)19-15-9-7-8-10-17(15)23(21(27)20(16)19)33-25(29)31-5-2/h7-13H,4-6H2,1-3H3. The van der Waals surface area contributed by atoms with Crippen LogP contribution in [0, 0.1) is 0 Å². The summed E-state index contributed by atoms with van der Waals surface area (Å²) in [7, 11) is 0. The summed E-state index contributed by atoms with van der Waals surface area (Å²) < 4.78 is 20.4. The van der Waals surface area contributed by atoms with Gasteiger partial charge in [0.05, 0.1) is 13.2 Å². The molecule has 2 aliphatic carbocycles. The summed E-state index contributed by atoms with van der Waals surface area (Å²) in [5, 5.41) is 1.31. The smallest absolute Gasteiger partial charge is 0.434 e. The van der Waals surface area contributed by atoms with Crippen molar-refractivity contribution >= 4 is 46.5 Å². The monoisotopic (exact) mass is 462 g/mol. The topological polar surface area (TPSA) is 105 Å². The van der Waals surface area contributed by atoms with Gasteiger partial charge in [0.1, 0.15) is 0 Å². The van der Waals surface area contributed by atoms with Gasteiger partial charge in [-0.05, 0) is 42.3 Å². The third-order valence-electron chi connectivity index (χ3n) is 5.46. The first-order valence-electron chi connectivity index (χ1n) is 10.9. The highest BCUT2D eigenvalue weighted by molar-refractivity contribution is 6.58. The predicted octanol–water partition coefficient (Wildman–Crippen LogP) is 0.979. The van der Waals surface area contributed by atoms with Gasteiger partial charge in [-0.3, -0.25) is 9.59 Å². The molecule has 34 heavy (non-hydrogen) atoms. The van der Waals surface area contributed by atoms with E-state index in [4.69, 9.17) is 18.9 Å². The van der Waals surface area contributed by atoms with Gasteiger partial charge in [-0.15, -0.1) is 0 Å². The highest BCUT2D eigenvalue weighted by Gasteiger charge is 2.37. The predicted molar refractivity (Wildman–Crippen MR) is 121 cm³/mol. The van der Waals surface area contributed by atoms with Crippen LogP contribution >= 0.6 is 0 Å². The molecule has 4 rings (SSSR count). The van der Waals surface area contributed by atoms with Gasteiger partial charge in [0.2, 0.25) is 11.6 Å². The Hall–Kier alpha value is -4.20.